The summed E-state index contributed by atoms with van der Waals surface area (Å²) >= 11 is 5.81. The van der Waals surface area contributed by atoms with Gasteiger partial charge in [0.1, 0.15) is 12.0 Å². The maximum atomic E-state index is 14.4. The highest BCUT2D eigenvalue weighted by Gasteiger charge is 2.24. The van der Waals surface area contributed by atoms with Crippen molar-refractivity contribution in [2.75, 3.05) is 11.4 Å². The first-order valence-corrected chi connectivity index (χ1v) is 7.35. The van der Waals surface area contributed by atoms with Gasteiger partial charge in [-0.1, -0.05) is 35.9 Å². The minimum absolute atomic E-state index is 0.00668. The number of aldehydes is 1. The average Bonchev–Trinajstić information content (AvgIpc) is 2.55. The normalized spacial score (nSPS) is 10.2. The molecule has 6 heteroatoms. The molecule has 2 aromatic rings. The molecule has 0 radical (unpaired) electrons. The fraction of sp³-hybridized carbons (Fsp3) is 0.176. The van der Waals surface area contributed by atoms with Crippen LogP contribution in [0.15, 0.2) is 42.5 Å². The number of halogens is 2. The summed E-state index contributed by atoms with van der Waals surface area (Å²) in [4.78, 5) is 24.2. The lowest BCUT2D eigenvalue weighted by molar-refractivity contribution is -0.107. The lowest BCUT2D eigenvalue weighted by Gasteiger charge is -2.24. The minimum Gasteiger partial charge on any atom is -0.410 e. The summed E-state index contributed by atoms with van der Waals surface area (Å²) in [6.45, 7) is 1.64. The lowest BCUT2D eigenvalue weighted by Crippen LogP contribution is -2.36. The zero-order valence-electron chi connectivity index (χ0n) is 12.5. The largest absolute Gasteiger partial charge is 0.419 e. The molecule has 0 aromatic heterocycles. The van der Waals surface area contributed by atoms with E-state index in [-0.39, 0.29) is 23.7 Å². The first-order valence-electron chi connectivity index (χ1n) is 6.97. The van der Waals surface area contributed by atoms with Gasteiger partial charge in [-0.3, -0.25) is 4.90 Å². The van der Waals surface area contributed by atoms with E-state index < -0.39 is 11.9 Å². The second-order valence-electron chi connectivity index (χ2n) is 4.81. The molecule has 0 saturated carbocycles. The van der Waals surface area contributed by atoms with Crippen LogP contribution in [0.5, 0.6) is 5.75 Å². The molecule has 23 heavy (non-hydrogen) atoms. The number of anilines is 1. The van der Waals surface area contributed by atoms with Crippen molar-refractivity contribution in [2.24, 2.45) is 0 Å². The van der Waals surface area contributed by atoms with Crippen molar-refractivity contribution in [1.29, 1.82) is 0 Å². The van der Waals surface area contributed by atoms with Gasteiger partial charge in [-0.25, -0.2) is 9.18 Å². The van der Waals surface area contributed by atoms with E-state index in [4.69, 9.17) is 16.3 Å². The van der Waals surface area contributed by atoms with E-state index in [9.17, 15) is 14.0 Å². The van der Waals surface area contributed by atoms with Crippen molar-refractivity contribution in [3.8, 4) is 5.75 Å². The van der Waals surface area contributed by atoms with Crippen LogP contribution in [0.3, 0.4) is 0 Å². The number of carbonyl (C=O) groups excluding carboxylic acids is 2. The Morgan fingerprint density at radius 3 is 2.61 bits per heavy atom. The summed E-state index contributed by atoms with van der Waals surface area (Å²) in [7, 11) is 0. The van der Waals surface area contributed by atoms with Crippen LogP contribution in [0.25, 0.3) is 0 Å². The number of hydrogen-bond acceptors (Lipinski definition) is 3. The molecule has 2 rings (SSSR count). The average molecular weight is 336 g/mol. The predicted octanol–water partition coefficient (Wildman–Crippen LogP) is 4.38. The highest BCUT2D eigenvalue weighted by molar-refractivity contribution is 6.31. The van der Waals surface area contributed by atoms with Crippen LogP contribution in [-0.2, 0) is 4.79 Å². The Morgan fingerprint density at radius 2 is 1.96 bits per heavy atom. The number of nitrogens with zero attached hydrogens (tertiary/aromatic N) is 1. The van der Waals surface area contributed by atoms with E-state index >= 15 is 0 Å². The van der Waals surface area contributed by atoms with Gasteiger partial charge in [0.05, 0.1) is 10.7 Å². The molecule has 0 N–H and O–H groups in total. The Kier molecular flexibility index (Phi) is 5.71. The number of amides is 1. The Balaban J connectivity index is 2.35. The molecular formula is C17H15ClFNO3. The molecule has 2 aromatic carbocycles. The molecule has 0 saturated heterocycles. The quantitative estimate of drug-likeness (QED) is 0.762. The Bertz CT molecular complexity index is 706. The van der Waals surface area contributed by atoms with Crippen molar-refractivity contribution >= 4 is 29.7 Å². The van der Waals surface area contributed by atoms with Gasteiger partial charge < -0.3 is 9.53 Å². The van der Waals surface area contributed by atoms with Crippen molar-refractivity contribution in [1.82, 2.24) is 0 Å². The second kappa shape index (κ2) is 7.74. The van der Waals surface area contributed by atoms with Crippen LogP contribution in [-0.4, -0.2) is 18.9 Å². The maximum absolute atomic E-state index is 14.4. The van der Waals surface area contributed by atoms with Gasteiger partial charge in [0, 0.05) is 13.0 Å². The first-order chi connectivity index (χ1) is 11.0. The van der Waals surface area contributed by atoms with E-state index in [0.717, 1.165) is 4.90 Å². The molecule has 0 aliphatic carbocycles. The molecule has 0 spiro atoms. The number of hydrogen-bond donors (Lipinski definition) is 0. The zero-order chi connectivity index (χ0) is 16.8. The number of carbonyl (C=O) groups is 2. The molecular weight excluding hydrogens is 321 g/mol. The molecule has 0 atom stereocenters. The summed E-state index contributed by atoms with van der Waals surface area (Å²) in [5, 5.41) is -0.103. The van der Waals surface area contributed by atoms with Crippen LogP contribution in [0.1, 0.15) is 12.0 Å². The first kappa shape index (κ1) is 17.0. The van der Waals surface area contributed by atoms with Gasteiger partial charge >= 0.3 is 6.09 Å². The maximum Gasteiger partial charge on any atom is 0.419 e. The molecule has 0 heterocycles. The number of benzene rings is 2. The van der Waals surface area contributed by atoms with Gasteiger partial charge in [-0.15, -0.1) is 0 Å². The van der Waals surface area contributed by atoms with Gasteiger partial charge in [0.2, 0.25) is 0 Å². The SMILES string of the molecule is Cc1ccc(Cl)c(F)c1N(CCC=O)C(=O)Oc1ccccc1. The molecule has 1 amide bonds. The smallest absolute Gasteiger partial charge is 0.410 e. The molecule has 4 nitrogen and oxygen atoms in total. The summed E-state index contributed by atoms with van der Waals surface area (Å²) in [5.41, 5.74) is 0.531. The van der Waals surface area contributed by atoms with Crippen LogP contribution in [0.2, 0.25) is 5.02 Å². The third-order valence-corrected chi connectivity index (χ3v) is 3.47. The van der Waals surface area contributed by atoms with Gasteiger partial charge in [-0.05, 0) is 30.7 Å². The fourth-order valence-corrected chi connectivity index (χ4v) is 2.24. The third kappa shape index (κ3) is 4.07. The summed E-state index contributed by atoms with van der Waals surface area (Å²) in [6.07, 6.45) is -0.0714. The molecule has 0 aliphatic heterocycles. The summed E-state index contributed by atoms with van der Waals surface area (Å²) in [6, 6.07) is 11.4. The minimum atomic E-state index is -0.776. The van der Waals surface area contributed by atoms with Crippen molar-refractivity contribution in [3.05, 3.63) is 58.9 Å². The molecule has 0 fully saturated rings. The second-order valence-corrected chi connectivity index (χ2v) is 5.22. The molecule has 0 bridgehead atoms. The third-order valence-electron chi connectivity index (χ3n) is 3.18. The molecule has 0 aliphatic rings. The van der Waals surface area contributed by atoms with Crippen LogP contribution < -0.4 is 9.64 Å². The highest BCUT2D eigenvalue weighted by atomic mass is 35.5. The van der Waals surface area contributed by atoms with E-state index in [2.05, 4.69) is 0 Å². The van der Waals surface area contributed by atoms with Crippen LogP contribution in [0, 0.1) is 12.7 Å². The molecule has 120 valence electrons. The summed E-state index contributed by atoms with van der Waals surface area (Å²) < 4.78 is 19.6. The number of ether oxygens (including phenoxy) is 1. The number of para-hydroxylation sites is 1. The van der Waals surface area contributed by atoms with E-state index in [1.54, 1.807) is 43.3 Å². The van der Waals surface area contributed by atoms with E-state index in [0.29, 0.717) is 17.6 Å². The van der Waals surface area contributed by atoms with E-state index in [1.165, 1.54) is 6.07 Å². The summed E-state index contributed by atoms with van der Waals surface area (Å²) in [5.74, 6) is -0.392. The van der Waals surface area contributed by atoms with Gasteiger partial charge in [-0.2, -0.15) is 0 Å². The topological polar surface area (TPSA) is 46.6 Å². The van der Waals surface area contributed by atoms with Crippen molar-refractivity contribution in [3.63, 3.8) is 0 Å². The zero-order valence-corrected chi connectivity index (χ0v) is 13.2. The van der Waals surface area contributed by atoms with Gasteiger partial charge in [0.25, 0.3) is 0 Å². The van der Waals surface area contributed by atoms with Crippen LogP contribution >= 0.6 is 11.6 Å². The number of rotatable bonds is 5. The molecule has 0 unspecified atom stereocenters. The monoisotopic (exact) mass is 335 g/mol. The fourth-order valence-electron chi connectivity index (χ4n) is 2.09. The van der Waals surface area contributed by atoms with Crippen molar-refractivity contribution in [2.45, 2.75) is 13.3 Å². The number of aryl methyl sites for hydroxylation is 1. The lowest BCUT2D eigenvalue weighted by atomic mass is 10.1. The highest BCUT2D eigenvalue weighted by Crippen LogP contribution is 2.30. The predicted molar refractivity (Wildman–Crippen MR) is 86.6 cm³/mol. The van der Waals surface area contributed by atoms with Crippen LogP contribution in [0.4, 0.5) is 14.9 Å². The Hall–Kier alpha value is -2.40. The van der Waals surface area contributed by atoms with Gasteiger partial charge in [0.15, 0.2) is 5.82 Å². The Labute approximate surface area is 138 Å². The van der Waals surface area contributed by atoms with E-state index in [1.807, 2.05) is 0 Å². The standard InChI is InChI=1S/C17H15ClFNO3/c1-12-8-9-14(18)15(19)16(12)20(10-5-11-21)17(22)23-13-6-3-2-4-7-13/h2-4,6-9,11H,5,10H2,1H3. The Morgan fingerprint density at radius 1 is 1.26 bits per heavy atom. The van der Waals surface area contributed by atoms with Crippen molar-refractivity contribution < 1.29 is 18.7 Å².